The molecule has 302 valence electrons. The Balaban J connectivity index is 0.843. The number of nitrogens with zero attached hydrogens (tertiary/aromatic N) is 3. The molecule has 14 aromatic rings. The lowest BCUT2D eigenvalue weighted by atomic mass is 9.99. The zero-order valence-electron chi connectivity index (χ0n) is 34.9. The molecule has 15 rings (SSSR count). The zero-order valence-corrected chi connectivity index (χ0v) is 34.9. The number of furan rings is 1. The number of ether oxygens (including phenoxy) is 1. The van der Waals surface area contributed by atoms with E-state index < -0.39 is 0 Å². The second-order valence-corrected chi connectivity index (χ2v) is 17.3. The molecule has 0 unspecified atom stereocenters. The topological polar surface area (TPSA) is 37.2 Å². The van der Waals surface area contributed by atoms with Crippen molar-refractivity contribution in [3.63, 3.8) is 0 Å². The summed E-state index contributed by atoms with van der Waals surface area (Å²) >= 11 is 0. The van der Waals surface area contributed by atoms with E-state index in [2.05, 4.69) is 202 Å². The van der Waals surface area contributed by atoms with Crippen LogP contribution in [-0.2, 0) is 0 Å². The highest BCUT2D eigenvalue weighted by atomic mass is 16.5. The van der Waals surface area contributed by atoms with Gasteiger partial charge >= 0.3 is 0 Å². The van der Waals surface area contributed by atoms with E-state index >= 15 is 0 Å². The van der Waals surface area contributed by atoms with E-state index in [-0.39, 0.29) is 0 Å². The Hall–Kier alpha value is -8.80. The molecule has 0 atom stereocenters. The summed E-state index contributed by atoms with van der Waals surface area (Å²) in [5.41, 5.74) is 16.9. The average molecular weight is 830 g/mol. The molecule has 0 fully saturated rings. The molecule has 1 aliphatic heterocycles. The maximum absolute atomic E-state index is 6.42. The number of fused-ring (bicyclic) bond motifs is 14. The summed E-state index contributed by atoms with van der Waals surface area (Å²) in [5.74, 6) is 1.76. The largest absolute Gasteiger partial charge is 0.456 e. The van der Waals surface area contributed by atoms with Gasteiger partial charge in [-0.2, -0.15) is 0 Å². The van der Waals surface area contributed by atoms with Gasteiger partial charge in [0.05, 0.1) is 38.8 Å². The highest BCUT2D eigenvalue weighted by molar-refractivity contribution is 6.18. The van der Waals surface area contributed by atoms with Gasteiger partial charge in [-0.25, -0.2) is 0 Å². The van der Waals surface area contributed by atoms with Crippen LogP contribution in [0.5, 0.6) is 11.5 Å². The molecule has 0 aliphatic carbocycles. The first kappa shape index (κ1) is 34.7. The van der Waals surface area contributed by atoms with Gasteiger partial charge in [-0.05, 0) is 119 Å². The Kier molecular flexibility index (Phi) is 6.89. The van der Waals surface area contributed by atoms with Gasteiger partial charge in [0.25, 0.3) is 0 Å². The molecule has 0 saturated carbocycles. The van der Waals surface area contributed by atoms with Gasteiger partial charge in [0, 0.05) is 54.5 Å². The third kappa shape index (κ3) is 4.81. The van der Waals surface area contributed by atoms with Gasteiger partial charge in [-0.1, -0.05) is 115 Å². The van der Waals surface area contributed by atoms with E-state index in [1.54, 1.807) is 0 Å². The SMILES string of the molecule is c1ccc2c(c1)Oc1cccc3c4c(-c5ccc(-n6c7ccccc7c7cc(-c8ccc9c(c8)c8ccccc8n9-c8ccc9oc%10ccccc%10c9c8)ccc76)cc5)cccc4n-2c13. The maximum Gasteiger partial charge on any atom is 0.152 e. The predicted molar refractivity (Wildman–Crippen MR) is 268 cm³/mol. The lowest BCUT2D eigenvalue weighted by Crippen LogP contribution is -2.03. The van der Waals surface area contributed by atoms with Gasteiger partial charge in [0.2, 0.25) is 0 Å². The lowest BCUT2D eigenvalue weighted by Gasteiger charge is -2.20. The summed E-state index contributed by atoms with van der Waals surface area (Å²) in [7, 11) is 0. The Labute approximate surface area is 371 Å². The van der Waals surface area contributed by atoms with Crippen LogP contribution in [0.3, 0.4) is 0 Å². The van der Waals surface area contributed by atoms with Crippen molar-refractivity contribution < 1.29 is 9.15 Å². The van der Waals surface area contributed by atoms with Crippen molar-refractivity contribution in [2.45, 2.75) is 0 Å². The van der Waals surface area contributed by atoms with E-state index in [4.69, 9.17) is 9.15 Å². The monoisotopic (exact) mass is 829 g/mol. The number of benzene rings is 10. The van der Waals surface area contributed by atoms with Gasteiger partial charge < -0.3 is 22.9 Å². The molecule has 0 bridgehead atoms. The summed E-state index contributed by atoms with van der Waals surface area (Å²) < 4.78 is 19.8. The molecule has 10 aromatic carbocycles. The standard InChI is InChI=1S/C60H35N3O2/c1-4-16-49-42(11-1)46-33-37(38-26-31-52-47(34-38)43-12-2-5-17-50(43)62(52)40-29-32-56-48(35-40)44-13-3-7-20-55(44)64-56)25-30-51(46)61(49)39-27-23-36(24-28-39)41-14-9-19-54-59(41)45-15-10-22-58-60(45)63(54)53-18-6-8-21-57(53)65-58/h1-35H. The number of rotatable bonds is 4. The van der Waals surface area contributed by atoms with E-state index in [1.165, 1.54) is 82.2 Å². The Morgan fingerprint density at radius 3 is 1.63 bits per heavy atom. The van der Waals surface area contributed by atoms with Crippen LogP contribution in [-0.4, -0.2) is 13.7 Å². The molecule has 1 aliphatic rings. The molecular formula is C60H35N3O2. The summed E-state index contributed by atoms with van der Waals surface area (Å²) in [6.07, 6.45) is 0. The fourth-order valence-corrected chi connectivity index (χ4v) is 11.0. The Morgan fingerprint density at radius 1 is 0.308 bits per heavy atom. The molecule has 0 spiro atoms. The molecular weight excluding hydrogens is 795 g/mol. The fraction of sp³-hybridized carbons (Fsp3) is 0. The molecule has 5 heterocycles. The fourth-order valence-electron chi connectivity index (χ4n) is 11.0. The molecule has 5 heteroatoms. The van der Waals surface area contributed by atoms with Crippen molar-refractivity contribution in [2.75, 3.05) is 0 Å². The van der Waals surface area contributed by atoms with Crippen molar-refractivity contribution >= 4 is 87.4 Å². The van der Waals surface area contributed by atoms with E-state index in [1.807, 2.05) is 24.3 Å². The first-order valence-electron chi connectivity index (χ1n) is 22.2. The highest BCUT2D eigenvalue weighted by Gasteiger charge is 2.25. The number of para-hydroxylation sites is 6. The van der Waals surface area contributed by atoms with Crippen molar-refractivity contribution in [1.82, 2.24) is 13.7 Å². The van der Waals surface area contributed by atoms with Crippen LogP contribution in [0.1, 0.15) is 0 Å². The van der Waals surface area contributed by atoms with Crippen molar-refractivity contribution in [2.24, 2.45) is 0 Å². The Morgan fingerprint density at radius 2 is 0.862 bits per heavy atom. The van der Waals surface area contributed by atoms with Crippen LogP contribution >= 0.6 is 0 Å². The summed E-state index contributed by atoms with van der Waals surface area (Å²) in [5, 5.41) is 9.59. The van der Waals surface area contributed by atoms with Crippen molar-refractivity contribution in [1.29, 1.82) is 0 Å². The highest BCUT2D eigenvalue weighted by Crippen LogP contribution is 2.48. The van der Waals surface area contributed by atoms with Gasteiger partial charge in [0.1, 0.15) is 11.2 Å². The minimum atomic E-state index is 0.872. The summed E-state index contributed by atoms with van der Waals surface area (Å²) in [4.78, 5) is 0. The van der Waals surface area contributed by atoms with Crippen molar-refractivity contribution in [3.8, 4) is 50.8 Å². The molecule has 0 N–H and O–H groups in total. The van der Waals surface area contributed by atoms with Crippen LogP contribution in [0.4, 0.5) is 0 Å². The molecule has 65 heavy (non-hydrogen) atoms. The zero-order chi connectivity index (χ0) is 42.3. The van der Waals surface area contributed by atoms with Crippen LogP contribution in [0.15, 0.2) is 217 Å². The minimum absolute atomic E-state index is 0.872. The molecule has 0 amide bonds. The van der Waals surface area contributed by atoms with E-state index in [0.717, 1.165) is 56.0 Å². The maximum atomic E-state index is 6.42. The Bertz CT molecular complexity index is 4330. The molecule has 0 saturated heterocycles. The van der Waals surface area contributed by atoms with Gasteiger partial charge in [-0.15, -0.1) is 0 Å². The normalized spacial score (nSPS) is 12.4. The number of hydrogen-bond donors (Lipinski definition) is 0. The second kappa shape index (κ2) is 12.9. The van der Waals surface area contributed by atoms with Crippen molar-refractivity contribution in [3.05, 3.63) is 212 Å². The van der Waals surface area contributed by atoms with Crippen LogP contribution in [0.25, 0.3) is 127 Å². The third-order valence-corrected chi connectivity index (χ3v) is 13.8. The smallest absolute Gasteiger partial charge is 0.152 e. The van der Waals surface area contributed by atoms with Crippen LogP contribution in [0, 0.1) is 0 Å². The molecule has 0 radical (unpaired) electrons. The van der Waals surface area contributed by atoms with E-state index in [0.29, 0.717) is 0 Å². The first-order valence-corrected chi connectivity index (χ1v) is 22.2. The predicted octanol–water partition coefficient (Wildman–Crippen LogP) is 16.3. The first-order chi connectivity index (χ1) is 32.2. The summed E-state index contributed by atoms with van der Waals surface area (Å²) in [6, 6.07) is 76.7. The average Bonchev–Trinajstić information content (AvgIpc) is 4.11. The van der Waals surface area contributed by atoms with Crippen LogP contribution in [0.2, 0.25) is 0 Å². The van der Waals surface area contributed by atoms with Gasteiger partial charge in [-0.3, -0.25) is 0 Å². The van der Waals surface area contributed by atoms with Gasteiger partial charge in [0.15, 0.2) is 11.5 Å². The molecule has 5 nitrogen and oxygen atoms in total. The van der Waals surface area contributed by atoms with E-state index in [9.17, 15) is 0 Å². The lowest BCUT2D eigenvalue weighted by molar-refractivity contribution is 0.476. The number of aromatic nitrogens is 3. The summed E-state index contributed by atoms with van der Waals surface area (Å²) in [6.45, 7) is 0. The van der Waals surface area contributed by atoms with Crippen LogP contribution < -0.4 is 4.74 Å². The minimum Gasteiger partial charge on any atom is -0.456 e. The second-order valence-electron chi connectivity index (χ2n) is 17.3. The molecule has 4 aromatic heterocycles. The third-order valence-electron chi connectivity index (χ3n) is 13.8. The number of hydrogen-bond acceptors (Lipinski definition) is 2. The quantitative estimate of drug-likeness (QED) is 0.177.